The van der Waals surface area contributed by atoms with E-state index in [0.717, 1.165) is 4.90 Å². The average Bonchev–Trinajstić information content (AvgIpc) is 2.14. The number of benzene rings is 1. The quantitative estimate of drug-likeness (QED) is 0.685. The number of hydrogen-bond acceptors (Lipinski definition) is 1. The van der Waals surface area contributed by atoms with Crippen molar-refractivity contribution in [2.24, 2.45) is 0 Å². The minimum absolute atomic E-state index is 0.562. The Bertz CT molecular complexity index is 412. The first-order valence-corrected chi connectivity index (χ1v) is 4.32. The van der Waals surface area contributed by atoms with Crippen molar-refractivity contribution in [3.63, 3.8) is 0 Å². The molecule has 0 N–H and O–H groups in total. The first-order valence-electron chi connectivity index (χ1n) is 4.32. The lowest BCUT2D eigenvalue weighted by molar-refractivity contribution is -0.138. The highest BCUT2D eigenvalue weighted by Gasteiger charge is 2.35. The van der Waals surface area contributed by atoms with Gasteiger partial charge in [0.2, 0.25) is 0 Å². The first-order chi connectivity index (χ1) is 7.23. The second-order valence-corrected chi connectivity index (χ2v) is 3.39. The summed E-state index contributed by atoms with van der Waals surface area (Å²) in [5.41, 5.74) is -1.81. The monoisotopic (exact) mass is 235 g/mol. The summed E-state index contributed by atoms with van der Waals surface area (Å²) in [6.07, 6.45) is -4.67. The van der Waals surface area contributed by atoms with Crippen LogP contribution < -0.4 is 0 Å². The summed E-state index contributed by atoms with van der Waals surface area (Å²) in [4.78, 5) is 12.4. The van der Waals surface area contributed by atoms with Crippen molar-refractivity contribution in [2.45, 2.75) is 6.18 Å². The molecule has 0 spiro atoms. The summed E-state index contributed by atoms with van der Waals surface area (Å²) in [5, 5.41) is 0. The van der Waals surface area contributed by atoms with Crippen molar-refractivity contribution >= 4 is 5.91 Å². The van der Waals surface area contributed by atoms with Gasteiger partial charge in [0.25, 0.3) is 5.91 Å². The van der Waals surface area contributed by atoms with Crippen molar-refractivity contribution in [3.8, 4) is 0 Å². The van der Waals surface area contributed by atoms with Crippen LogP contribution >= 0.6 is 0 Å². The fourth-order valence-electron chi connectivity index (χ4n) is 1.18. The number of carbonyl (C=O) groups is 1. The lowest BCUT2D eigenvalue weighted by Gasteiger charge is -2.15. The Kier molecular flexibility index (Phi) is 3.21. The van der Waals surface area contributed by atoms with Gasteiger partial charge >= 0.3 is 6.18 Å². The molecule has 0 heterocycles. The van der Waals surface area contributed by atoms with E-state index >= 15 is 0 Å². The molecule has 1 rings (SSSR count). The van der Waals surface area contributed by atoms with E-state index in [1.165, 1.54) is 14.1 Å². The van der Waals surface area contributed by atoms with Crippen LogP contribution in [0.25, 0.3) is 0 Å². The fraction of sp³-hybridized carbons (Fsp3) is 0.300. The average molecular weight is 235 g/mol. The third-order valence-electron chi connectivity index (χ3n) is 1.92. The molecule has 2 nitrogen and oxygen atoms in total. The largest absolute Gasteiger partial charge is 0.417 e. The lowest BCUT2D eigenvalue weighted by Crippen LogP contribution is -2.25. The molecular weight excluding hydrogens is 226 g/mol. The predicted molar refractivity (Wildman–Crippen MR) is 49.4 cm³/mol. The molecule has 0 saturated heterocycles. The minimum atomic E-state index is -4.67. The maximum atomic E-state index is 12.8. The molecule has 1 aromatic rings. The maximum absolute atomic E-state index is 12.8. The second-order valence-electron chi connectivity index (χ2n) is 3.39. The van der Waals surface area contributed by atoms with Crippen LogP contribution in [0.4, 0.5) is 17.6 Å². The van der Waals surface area contributed by atoms with Gasteiger partial charge in [-0.1, -0.05) is 0 Å². The molecule has 0 aliphatic rings. The Hall–Kier alpha value is -1.59. The van der Waals surface area contributed by atoms with Crippen LogP contribution in [0.15, 0.2) is 18.2 Å². The molecule has 0 radical (unpaired) electrons. The highest BCUT2D eigenvalue weighted by Crippen LogP contribution is 2.32. The van der Waals surface area contributed by atoms with Crippen LogP contribution in [0, 0.1) is 5.82 Å². The number of nitrogens with zero attached hydrogens (tertiary/aromatic N) is 1. The molecule has 0 bridgehead atoms. The lowest BCUT2D eigenvalue weighted by atomic mass is 10.1. The van der Waals surface area contributed by atoms with Gasteiger partial charge < -0.3 is 4.90 Å². The number of halogens is 4. The van der Waals surface area contributed by atoms with Crippen molar-refractivity contribution in [3.05, 3.63) is 35.1 Å². The van der Waals surface area contributed by atoms with Gasteiger partial charge in [0, 0.05) is 14.1 Å². The molecule has 6 heteroatoms. The summed E-state index contributed by atoms with van der Waals surface area (Å²) >= 11 is 0. The molecule has 16 heavy (non-hydrogen) atoms. The molecule has 0 fully saturated rings. The van der Waals surface area contributed by atoms with Gasteiger partial charge in [-0.05, 0) is 18.2 Å². The third kappa shape index (κ3) is 2.50. The number of rotatable bonds is 1. The van der Waals surface area contributed by atoms with Crippen LogP contribution in [-0.4, -0.2) is 24.9 Å². The Morgan fingerprint density at radius 1 is 1.25 bits per heavy atom. The molecular formula is C10H9F4NO. The molecule has 0 aliphatic heterocycles. The summed E-state index contributed by atoms with van der Waals surface area (Å²) < 4.78 is 50.4. The first kappa shape index (κ1) is 12.5. The number of carbonyl (C=O) groups excluding carboxylic acids is 1. The summed E-state index contributed by atoms with van der Waals surface area (Å²) in [6, 6.07) is 1.83. The van der Waals surface area contributed by atoms with Crippen LogP contribution in [0.3, 0.4) is 0 Å². The van der Waals surface area contributed by atoms with E-state index in [9.17, 15) is 22.4 Å². The van der Waals surface area contributed by atoms with Gasteiger partial charge in [-0.3, -0.25) is 4.79 Å². The molecule has 0 aromatic heterocycles. The van der Waals surface area contributed by atoms with Gasteiger partial charge in [0.05, 0.1) is 11.1 Å². The maximum Gasteiger partial charge on any atom is 0.417 e. The fourth-order valence-corrected chi connectivity index (χ4v) is 1.18. The van der Waals surface area contributed by atoms with E-state index in [4.69, 9.17) is 0 Å². The minimum Gasteiger partial charge on any atom is -0.345 e. The van der Waals surface area contributed by atoms with E-state index in [-0.39, 0.29) is 0 Å². The van der Waals surface area contributed by atoms with Crippen molar-refractivity contribution in [1.82, 2.24) is 4.90 Å². The van der Waals surface area contributed by atoms with E-state index in [1.807, 2.05) is 0 Å². The predicted octanol–water partition coefficient (Wildman–Crippen LogP) is 2.55. The van der Waals surface area contributed by atoms with Crippen LogP contribution in [0.1, 0.15) is 15.9 Å². The summed E-state index contributed by atoms with van der Waals surface area (Å²) in [5.74, 6) is -1.76. The van der Waals surface area contributed by atoms with Gasteiger partial charge in [-0.25, -0.2) is 4.39 Å². The molecule has 0 aliphatic carbocycles. The zero-order valence-corrected chi connectivity index (χ0v) is 8.60. The zero-order valence-electron chi connectivity index (χ0n) is 8.60. The van der Waals surface area contributed by atoms with E-state index in [2.05, 4.69) is 0 Å². The Morgan fingerprint density at radius 2 is 1.81 bits per heavy atom. The van der Waals surface area contributed by atoms with Gasteiger partial charge in [0.15, 0.2) is 0 Å². The standard InChI is InChI=1S/C10H9F4NO/c1-15(2)9(16)7-5-6(11)3-4-8(7)10(12,13)14/h3-5H,1-2H3. The topological polar surface area (TPSA) is 20.3 Å². The smallest absolute Gasteiger partial charge is 0.345 e. The van der Waals surface area contributed by atoms with Gasteiger partial charge in [-0.2, -0.15) is 13.2 Å². The van der Waals surface area contributed by atoms with Gasteiger partial charge in [-0.15, -0.1) is 0 Å². The summed E-state index contributed by atoms with van der Waals surface area (Å²) in [7, 11) is 2.60. The Labute approximate surface area is 89.5 Å². The van der Waals surface area contributed by atoms with E-state index < -0.39 is 29.0 Å². The SMILES string of the molecule is CN(C)C(=O)c1cc(F)ccc1C(F)(F)F. The highest BCUT2D eigenvalue weighted by molar-refractivity contribution is 5.95. The molecule has 0 saturated carbocycles. The van der Waals surface area contributed by atoms with Crippen molar-refractivity contribution in [2.75, 3.05) is 14.1 Å². The van der Waals surface area contributed by atoms with E-state index in [1.54, 1.807) is 0 Å². The number of amides is 1. The summed E-state index contributed by atoms with van der Waals surface area (Å²) in [6.45, 7) is 0. The van der Waals surface area contributed by atoms with E-state index in [0.29, 0.717) is 18.2 Å². The third-order valence-corrected chi connectivity index (χ3v) is 1.92. The molecule has 1 amide bonds. The molecule has 1 aromatic carbocycles. The van der Waals surface area contributed by atoms with Crippen molar-refractivity contribution < 1.29 is 22.4 Å². The second kappa shape index (κ2) is 4.11. The normalized spacial score (nSPS) is 11.4. The molecule has 0 atom stereocenters. The molecule has 0 unspecified atom stereocenters. The molecule has 88 valence electrons. The Balaban J connectivity index is 3.35. The van der Waals surface area contributed by atoms with Crippen LogP contribution in [0.5, 0.6) is 0 Å². The Morgan fingerprint density at radius 3 is 2.25 bits per heavy atom. The van der Waals surface area contributed by atoms with Gasteiger partial charge in [0.1, 0.15) is 5.82 Å². The number of hydrogen-bond donors (Lipinski definition) is 0. The highest BCUT2D eigenvalue weighted by atomic mass is 19.4. The zero-order chi connectivity index (χ0) is 12.5. The van der Waals surface area contributed by atoms with Crippen molar-refractivity contribution in [1.29, 1.82) is 0 Å². The number of alkyl halides is 3. The van der Waals surface area contributed by atoms with Crippen LogP contribution in [-0.2, 0) is 6.18 Å². The van der Waals surface area contributed by atoms with Crippen LogP contribution in [0.2, 0.25) is 0 Å².